The molecule has 0 bridgehead atoms. The molecule has 3 heteroatoms. The Morgan fingerprint density at radius 2 is 1.67 bits per heavy atom. The molecule has 3 N–H and O–H groups in total. The summed E-state index contributed by atoms with van der Waals surface area (Å²) in [5, 5.41) is 26.5. The number of hydrogen-bond acceptors (Lipinski definition) is 3. The quantitative estimate of drug-likeness (QED) is 0.383. The number of aliphatic hydroxyl groups excluding tert-OH is 3. The van der Waals surface area contributed by atoms with Gasteiger partial charge in [-0.05, 0) is 37.5 Å². The van der Waals surface area contributed by atoms with Gasteiger partial charge in [-0.3, -0.25) is 0 Å². The minimum absolute atomic E-state index is 0.0673. The van der Waals surface area contributed by atoms with Crippen LogP contribution >= 0.6 is 0 Å². The molecule has 0 aromatic heterocycles. The Labute approximate surface area is 129 Å². The van der Waals surface area contributed by atoms with Crippen molar-refractivity contribution in [2.24, 2.45) is 11.8 Å². The summed E-state index contributed by atoms with van der Waals surface area (Å²) in [5.41, 5.74) is 0. The first kappa shape index (κ1) is 20.1. The highest BCUT2D eigenvalue weighted by atomic mass is 16.3. The van der Waals surface area contributed by atoms with Gasteiger partial charge in [-0.15, -0.1) is 0 Å². The highest BCUT2D eigenvalue weighted by molar-refractivity contribution is 5.18. The van der Waals surface area contributed by atoms with Gasteiger partial charge in [0.2, 0.25) is 0 Å². The summed E-state index contributed by atoms with van der Waals surface area (Å²) in [5.74, 6) is 2.02. The van der Waals surface area contributed by atoms with Crippen molar-refractivity contribution < 1.29 is 15.3 Å². The van der Waals surface area contributed by atoms with Gasteiger partial charge in [-0.25, -0.2) is 0 Å². The molecule has 0 rings (SSSR count). The molecule has 0 heterocycles. The summed E-state index contributed by atoms with van der Waals surface area (Å²) in [6.45, 7) is 4.77. The van der Waals surface area contributed by atoms with Crippen molar-refractivity contribution in [3.63, 3.8) is 0 Å². The van der Waals surface area contributed by atoms with E-state index in [9.17, 15) is 0 Å². The third kappa shape index (κ3) is 11.4. The zero-order chi connectivity index (χ0) is 15.9. The van der Waals surface area contributed by atoms with Crippen molar-refractivity contribution >= 4 is 0 Å². The highest BCUT2D eigenvalue weighted by Gasteiger charge is 2.15. The van der Waals surface area contributed by atoms with E-state index in [1.165, 1.54) is 5.92 Å². The normalized spacial score (nSPS) is 15.7. The van der Waals surface area contributed by atoms with E-state index >= 15 is 0 Å². The van der Waals surface area contributed by atoms with Gasteiger partial charge in [0, 0.05) is 19.1 Å². The predicted molar refractivity (Wildman–Crippen MR) is 88.7 cm³/mol. The summed E-state index contributed by atoms with van der Waals surface area (Å²) in [4.78, 5) is 0. The molecule has 0 aromatic rings. The topological polar surface area (TPSA) is 60.7 Å². The average molecular weight is 295 g/mol. The van der Waals surface area contributed by atoms with E-state index in [4.69, 9.17) is 15.3 Å². The third-order valence-corrected chi connectivity index (χ3v) is 3.29. The van der Waals surface area contributed by atoms with Gasteiger partial charge in [-0.2, -0.15) is 0 Å². The van der Waals surface area contributed by atoms with Crippen LogP contribution in [0.2, 0.25) is 0 Å². The minimum atomic E-state index is 0.0673. The summed E-state index contributed by atoms with van der Waals surface area (Å²) < 4.78 is 0. The van der Waals surface area contributed by atoms with Crippen molar-refractivity contribution in [2.45, 2.75) is 39.5 Å². The fourth-order valence-corrected chi connectivity index (χ4v) is 2.08. The van der Waals surface area contributed by atoms with Gasteiger partial charge in [0.05, 0.1) is 6.61 Å². The van der Waals surface area contributed by atoms with E-state index in [-0.39, 0.29) is 25.7 Å². The average Bonchev–Trinajstić information content (AvgIpc) is 2.48. The van der Waals surface area contributed by atoms with Crippen LogP contribution in [0, 0.1) is 17.8 Å². The maximum atomic E-state index is 8.89. The van der Waals surface area contributed by atoms with E-state index < -0.39 is 0 Å². The van der Waals surface area contributed by atoms with Crippen LogP contribution in [0.4, 0.5) is 0 Å². The van der Waals surface area contributed by atoms with Crippen LogP contribution in [0.15, 0.2) is 36.5 Å². The first-order chi connectivity index (χ1) is 10.2. The van der Waals surface area contributed by atoms with Gasteiger partial charge < -0.3 is 15.3 Å². The van der Waals surface area contributed by atoms with E-state index in [0.29, 0.717) is 12.3 Å². The van der Waals surface area contributed by atoms with Crippen LogP contribution in [0.5, 0.6) is 0 Å². The SMILES string of the molecule is CC(C=CCCO)C[C](C=CCCCO)C(C)C=CCO. The maximum Gasteiger partial charge on any atom is 0.0612 e. The molecular formula is C18H31O3. The molecule has 0 saturated carbocycles. The number of hydrogen-bond donors (Lipinski definition) is 3. The van der Waals surface area contributed by atoms with Gasteiger partial charge in [0.25, 0.3) is 0 Å². The lowest BCUT2D eigenvalue weighted by atomic mass is 9.85. The second-order valence-electron chi connectivity index (χ2n) is 5.36. The Balaban J connectivity index is 4.55. The zero-order valence-electron chi connectivity index (χ0n) is 13.4. The molecule has 2 atom stereocenters. The van der Waals surface area contributed by atoms with E-state index in [1.54, 1.807) is 6.08 Å². The fraction of sp³-hybridized carbons (Fsp3) is 0.611. The molecule has 0 amide bonds. The van der Waals surface area contributed by atoms with Crippen LogP contribution in [0.25, 0.3) is 0 Å². The summed E-state index contributed by atoms with van der Waals surface area (Å²) in [6.07, 6.45) is 15.5. The predicted octanol–water partition coefficient (Wildman–Crippen LogP) is 3.04. The highest BCUT2D eigenvalue weighted by Crippen LogP contribution is 2.26. The molecule has 3 nitrogen and oxygen atoms in total. The standard InChI is InChI=1S/C18H31O3/c1-16(9-5-7-13-20)15-18(11-4-3-6-12-19)17(2)10-8-14-21/h4-5,8-11,16-17,19-21H,3,6-7,12-15H2,1-2H3. The first-order valence-electron chi connectivity index (χ1n) is 7.83. The lowest BCUT2D eigenvalue weighted by molar-refractivity contribution is 0.289. The number of allylic oxidation sites excluding steroid dienone is 4. The van der Waals surface area contributed by atoms with Crippen LogP contribution in [-0.4, -0.2) is 35.1 Å². The molecular weight excluding hydrogens is 264 g/mol. The largest absolute Gasteiger partial charge is 0.396 e. The smallest absolute Gasteiger partial charge is 0.0612 e. The Morgan fingerprint density at radius 3 is 2.29 bits per heavy atom. The second-order valence-corrected chi connectivity index (χ2v) is 5.36. The second kappa shape index (κ2) is 14.1. The molecule has 0 aliphatic heterocycles. The van der Waals surface area contributed by atoms with Crippen molar-refractivity contribution in [1.29, 1.82) is 0 Å². The Bertz CT molecular complexity index is 308. The molecule has 0 aliphatic carbocycles. The van der Waals surface area contributed by atoms with E-state index in [2.05, 4.69) is 32.1 Å². The summed E-state index contributed by atoms with van der Waals surface area (Å²) >= 11 is 0. The molecule has 121 valence electrons. The van der Waals surface area contributed by atoms with Crippen LogP contribution in [0.3, 0.4) is 0 Å². The number of rotatable bonds is 12. The van der Waals surface area contributed by atoms with Gasteiger partial charge >= 0.3 is 0 Å². The Hall–Kier alpha value is -0.900. The van der Waals surface area contributed by atoms with Gasteiger partial charge in [0.1, 0.15) is 0 Å². The van der Waals surface area contributed by atoms with Crippen molar-refractivity contribution in [3.8, 4) is 0 Å². The molecule has 0 saturated heterocycles. The molecule has 21 heavy (non-hydrogen) atoms. The van der Waals surface area contributed by atoms with Gasteiger partial charge in [0.15, 0.2) is 0 Å². The summed E-state index contributed by atoms with van der Waals surface area (Å²) in [7, 11) is 0. The van der Waals surface area contributed by atoms with Gasteiger partial charge in [-0.1, -0.05) is 50.3 Å². The molecule has 0 spiro atoms. The summed E-state index contributed by atoms with van der Waals surface area (Å²) in [6, 6.07) is 0. The molecule has 0 fully saturated rings. The fourth-order valence-electron chi connectivity index (χ4n) is 2.08. The lowest BCUT2D eigenvalue weighted by Gasteiger charge is -2.20. The van der Waals surface area contributed by atoms with Crippen LogP contribution in [-0.2, 0) is 0 Å². The van der Waals surface area contributed by atoms with E-state index in [1.807, 2.05) is 12.2 Å². The van der Waals surface area contributed by atoms with Crippen LogP contribution in [0.1, 0.15) is 39.5 Å². The lowest BCUT2D eigenvalue weighted by Crippen LogP contribution is -2.08. The minimum Gasteiger partial charge on any atom is -0.396 e. The van der Waals surface area contributed by atoms with Crippen molar-refractivity contribution in [3.05, 3.63) is 42.4 Å². The molecule has 0 aliphatic rings. The van der Waals surface area contributed by atoms with Crippen LogP contribution < -0.4 is 0 Å². The number of aliphatic hydroxyl groups is 3. The molecule has 2 unspecified atom stereocenters. The monoisotopic (exact) mass is 295 g/mol. The Kier molecular flexibility index (Phi) is 13.5. The zero-order valence-corrected chi connectivity index (χ0v) is 13.4. The number of unbranched alkanes of at least 4 members (excludes halogenated alkanes) is 1. The first-order valence-corrected chi connectivity index (χ1v) is 7.83. The maximum absolute atomic E-state index is 8.89. The third-order valence-electron chi connectivity index (χ3n) is 3.29. The molecule has 0 aromatic carbocycles. The van der Waals surface area contributed by atoms with Crippen molar-refractivity contribution in [2.75, 3.05) is 19.8 Å². The molecule has 1 radical (unpaired) electrons. The van der Waals surface area contributed by atoms with Crippen molar-refractivity contribution in [1.82, 2.24) is 0 Å². The Morgan fingerprint density at radius 1 is 0.905 bits per heavy atom. The van der Waals surface area contributed by atoms with E-state index in [0.717, 1.165) is 19.3 Å².